The van der Waals surface area contributed by atoms with Crippen LogP contribution in [0, 0.1) is 5.92 Å². The summed E-state index contributed by atoms with van der Waals surface area (Å²) in [6.45, 7) is 0. The summed E-state index contributed by atoms with van der Waals surface area (Å²) in [6.07, 6.45) is 5.14. The van der Waals surface area contributed by atoms with Gasteiger partial charge in [0.1, 0.15) is 0 Å². The van der Waals surface area contributed by atoms with Gasteiger partial charge in [0.15, 0.2) is 0 Å². The average Bonchev–Trinajstić information content (AvgIpc) is 2.67. The summed E-state index contributed by atoms with van der Waals surface area (Å²) < 4.78 is 0. The van der Waals surface area contributed by atoms with Crippen molar-refractivity contribution in [2.24, 2.45) is 11.1 Å². The number of oxime groups is 1. The third-order valence-corrected chi connectivity index (χ3v) is 5.68. The van der Waals surface area contributed by atoms with Crippen LogP contribution in [0.15, 0.2) is 23.4 Å². The van der Waals surface area contributed by atoms with Gasteiger partial charge >= 0.3 is 0 Å². The molecule has 0 radical (unpaired) electrons. The van der Waals surface area contributed by atoms with Crippen LogP contribution in [0.4, 0.5) is 0 Å². The predicted octanol–water partition coefficient (Wildman–Crippen LogP) is 4.02. The van der Waals surface area contributed by atoms with Crippen molar-refractivity contribution in [3.05, 3.63) is 33.8 Å². The predicted molar refractivity (Wildman–Crippen MR) is 82.2 cm³/mol. The van der Waals surface area contributed by atoms with Gasteiger partial charge in [0.25, 0.3) is 0 Å². The van der Waals surface area contributed by atoms with E-state index in [1.807, 2.05) is 18.2 Å². The molecule has 2 bridgehead atoms. The van der Waals surface area contributed by atoms with Crippen molar-refractivity contribution in [3.63, 3.8) is 0 Å². The summed E-state index contributed by atoms with van der Waals surface area (Å²) in [6, 6.07) is 6.92. The lowest BCUT2D eigenvalue weighted by atomic mass is 9.77. The highest BCUT2D eigenvalue weighted by Gasteiger charge is 2.45. The molecule has 5 heteroatoms. The number of hydrogen-bond donors (Lipinski definition) is 1. The first-order chi connectivity index (χ1) is 9.61. The van der Waals surface area contributed by atoms with Gasteiger partial charge in [-0.05, 0) is 49.9 Å². The molecule has 3 rings (SSSR count). The molecule has 0 spiro atoms. The lowest BCUT2D eigenvalue weighted by molar-refractivity contribution is 0.133. The number of halogens is 2. The molecule has 20 heavy (non-hydrogen) atoms. The van der Waals surface area contributed by atoms with Gasteiger partial charge in [-0.25, -0.2) is 0 Å². The summed E-state index contributed by atoms with van der Waals surface area (Å²) in [7, 11) is 2.17. The second kappa shape index (κ2) is 5.55. The van der Waals surface area contributed by atoms with Crippen LogP contribution in [0.3, 0.4) is 0 Å². The Morgan fingerprint density at radius 3 is 2.80 bits per heavy atom. The van der Waals surface area contributed by atoms with Crippen molar-refractivity contribution in [2.45, 2.75) is 37.3 Å². The van der Waals surface area contributed by atoms with Crippen LogP contribution in [-0.2, 0) is 0 Å². The molecule has 0 aliphatic carbocycles. The number of benzene rings is 1. The van der Waals surface area contributed by atoms with E-state index in [2.05, 4.69) is 17.1 Å². The van der Waals surface area contributed by atoms with E-state index >= 15 is 0 Å². The van der Waals surface area contributed by atoms with E-state index in [0.29, 0.717) is 28.0 Å². The molecular formula is C15H18Cl2N2O. The Morgan fingerprint density at radius 1 is 1.30 bits per heavy atom. The largest absolute Gasteiger partial charge is 0.411 e. The summed E-state index contributed by atoms with van der Waals surface area (Å²) in [5, 5.41) is 13.5. The van der Waals surface area contributed by atoms with E-state index in [9.17, 15) is 0 Å². The van der Waals surface area contributed by atoms with Gasteiger partial charge in [0, 0.05) is 24.2 Å². The van der Waals surface area contributed by atoms with Crippen LogP contribution >= 0.6 is 23.2 Å². The number of nitrogens with zero attached hydrogens (tertiary/aromatic N) is 2. The zero-order valence-electron chi connectivity index (χ0n) is 11.3. The van der Waals surface area contributed by atoms with E-state index < -0.39 is 0 Å². The molecule has 0 saturated carbocycles. The van der Waals surface area contributed by atoms with E-state index in [-0.39, 0.29) is 5.92 Å². The molecule has 4 atom stereocenters. The van der Waals surface area contributed by atoms with Crippen LogP contribution < -0.4 is 0 Å². The summed E-state index contributed by atoms with van der Waals surface area (Å²) >= 11 is 12.2. The van der Waals surface area contributed by atoms with E-state index in [0.717, 1.165) is 12.8 Å². The molecule has 2 aliphatic rings. The number of hydrogen-bond acceptors (Lipinski definition) is 3. The van der Waals surface area contributed by atoms with Crippen molar-refractivity contribution in [2.75, 3.05) is 7.05 Å². The van der Waals surface area contributed by atoms with Crippen LogP contribution in [0.25, 0.3) is 0 Å². The Morgan fingerprint density at radius 2 is 2.10 bits per heavy atom. The molecule has 2 saturated heterocycles. The molecule has 2 unspecified atom stereocenters. The molecule has 1 aromatic carbocycles. The zero-order valence-corrected chi connectivity index (χ0v) is 12.8. The summed E-state index contributed by atoms with van der Waals surface area (Å²) in [5.74, 6) is 0.565. The second-order valence-electron chi connectivity index (χ2n) is 5.82. The number of piperidine rings is 1. The lowest BCUT2D eigenvalue weighted by Gasteiger charge is -2.41. The molecular weight excluding hydrogens is 295 g/mol. The SMILES string of the molecule is CN1[C@H]2CC[C@@H]1C(C=NO)C(c1ccc(Cl)c(Cl)c1)C2. The van der Waals surface area contributed by atoms with Crippen molar-refractivity contribution in [3.8, 4) is 0 Å². The van der Waals surface area contributed by atoms with E-state index in [1.165, 1.54) is 12.0 Å². The molecule has 2 aliphatic heterocycles. The lowest BCUT2D eigenvalue weighted by Crippen LogP contribution is -2.46. The van der Waals surface area contributed by atoms with E-state index in [1.54, 1.807) is 6.21 Å². The Balaban J connectivity index is 1.96. The van der Waals surface area contributed by atoms with Crippen LogP contribution in [0.1, 0.15) is 30.7 Å². The molecule has 2 fully saturated rings. The topological polar surface area (TPSA) is 35.8 Å². The van der Waals surface area contributed by atoms with Crippen molar-refractivity contribution in [1.29, 1.82) is 0 Å². The normalized spacial score (nSPS) is 34.0. The molecule has 0 aromatic heterocycles. The van der Waals surface area contributed by atoms with Crippen molar-refractivity contribution < 1.29 is 5.21 Å². The fourth-order valence-electron chi connectivity index (χ4n) is 3.89. The van der Waals surface area contributed by atoms with Gasteiger partial charge in [-0.15, -0.1) is 5.16 Å². The first-order valence-electron chi connectivity index (χ1n) is 6.96. The molecule has 108 valence electrons. The minimum absolute atomic E-state index is 0.223. The highest BCUT2D eigenvalue weighted by Crippen LogP contribution is 2.46. The number of rotatable bonds is 2. The third-order valence-electron chi connectivity index (χ3n) is 4.94. The Kier molecular flexibility index (Phi) is 3.93. The van der Waals surface area contributed by atoms with Gasteiger partial charge < -0.3 is 5.21 Å². The zero-order chi connectivity index (χ0) is 14.3. The fraction of sp³-hybridized carbons (Fsp3) is 0.533. The standard InChI is InChI=1S/C15H18Cl2N2O/c1-19-10-3-5-15(19)12(8-18-20)11(7-10)9-2-4-13(16)14(17)6-9/h2,4,6,8,10-12,15,20H,3,5,7H2,1H3/t10-,11?,12?,15+/m0/s1. The maximum Gasteiger partial charge on any atom is 0.0595 e. The van der Waals surface area contributed by atoms with Crippen LogP contribution in [0.5, 0.6) is 0 Å². The first-order valence-corrected chi connectivity index (χ1v) is 7.72. The minimum Gasteiger partial charge on any atom is -0.411 e. The maximum absolute atomic E-state index is 9.00. The Bertz CT molecular complexity index is 535. The van der Waals surface area contributed by atoms with Crippen molar-refractivity contribution >= 4 is 29.4 Å². The average molecular weight is 313 g/mol. The number of fused-ring (bicyclic) bond motifs is 2. The monoisotopic (exact) mass is 312 g/mol. The fourth-order valence-corrected chi connectivity index (χ4v) is 4.20. The molecule has 3 nitrogen and oxygen atoms in total. The molecule has 1 N–H and O–H groups in total. The van der Waals surface area contributed by atoms with Crippen LogP contribution in [-0.4, -0.2) is 35.5 Å². The summed E-state index contributed by atoms with van der Waals surface area (Å²) in [4.78, 5) is 2.43. The summed E-state index contributed by atoms with van der Waals surface area (Å²) in [5.41, 5.74) is 1.19. The Hall–Kier alpha value is -0.770. The first kappa shape index (κ1) is 14.2. The highest BCUT2D eigenvalue weighted by atomic mass is 35.5. The highest BCUT2D eigenvalue weighted by molar-refractivity contribution is 6.42. The molecule has 1 aromatic rings. The quantitative estimate of drug-likeness (QED) is 0.508. The van der Waals surface area contributed by atoms with Gasteiger partial charge in [0.2, 0.25) is 0 Å². The van der Waals surface area contributed by atoms with Gasteiger partial charge in [-0.3, -0.25) is 4.90 Å². The third kappa shape index (κ3) is 2.32. The minimum atomic E-state index is 0.223. The van der Waals surface area contributed by atoms with Gasteiger partial charge in [-0.2, -0.15) is 0 Å². The molecule has 2 heterocycles. The van der Waals surface area contributed by atoms with Crippen LogP contribution in [0.2, 0.25) is 10.0 Å². The van der Waals surface area contributed by atoms with Gasteiger partial charge in [-0.1, -0.05) is 29.3 Å². The maximum atomic E-state index is 9.00. The smallest absolute Gasteiger partial charge is 0.0595 e. The second-order valence-corrected chi connectivity index (χ2v) is 6.64. The molecule has 0 amide bonds. The van der Waals surface area contributed by atoms with E-state index in [4.69, 9.17) is 28.4 Å². The van der Waals surface area contributed by atoms with Crippen molar-refractivity contribution in [1.82, 2.24) is 4.90 Å². The Labute approximate surface area is 129 Å². The van der Waals surface area contributed by atoms with Gasteiger partial charge in [0.05, 0.1) is 10.0 Å².